The Morgan fingerprint density at radius 1 is 0.435 bits per heavy atom. The van der Waals surface area contributed by atoms with Gasteiger partial charge in [0.1, 0.15) is 55.4 Å². The molecule has 3 atom stereocenters. The summed E-state index contributed by atoms with van der Waals surface area (Å²) in [5.41, 5.74) is 0. The summed E-state index contributed by atoms with van der Waals surface area (Å²) in [6.45, 7) is 0.671. The van der Waals surface area contributed by atoms with Crippen LogP contribution in [0.25, 0.3) is 32.3 Å². The second-order valence-corrected chi connectivity index (χ2v) is 11.6. The zero-order valence-electron chi connectivity index (χ0n) is 25.6. The molecule has 3 N–H and O–H groups in total. The van der Waals surface area contributed by atoms with Gasteiger partial charge in [0.25, 0.3) is 0 Å². The SMILES string of the molecule is OC(COc1ccc2ccccc2c1)CN(CC(O)COc1cccc2ccccc12)CC(O)COc1cccc2ccccc12. The van der Waals surface area contributed by atoms with E-state index in [0.717, 1.165) is 32.3 Å². The van der Waals surface area contributed by atoms with Crippen molar-refractivity contribution in [1.29, 1.82) is 0 Å². The highest BCUT2D eigenvalue weighted by molar-refractivity contribution is 5.89. The molecule has 0 aromatic heterocycles. The fourth-order valence-electron chi connectivity index (χ4n) is 5.74. The van der Waals surface area contributed by atoms with Crippen molar-refractivity contribution < 1.29 is 29.5 Å². The van der Waals surface area contributed by atoms with E-state index in [4.69, 9.17) is 14.2 Å². The fraction of sp³-hybridized carbons (Fsp3) is 0.231. The van der Waals surface area contributed by atoms with E-state index in [9.17, 15) is 15.3 Å². The number of benzene rings is 6. The van der Waals surface area contributed by atoms with Gasteiger partial charge >= 0.3 is 0 Å². The van der Waals surface area contributed by atoms with Crippen molar-refractivity contribution in [2.24, 2.45) is 0 Å². The normalized spacial score (nSPS) is 13.6. The highest BCUT2D eigenvalue weighted by Crippen LogP contribution is 2.27. The Kier molecular flexibility index (Phi) is 10.3. The van der Waals surface area contributed by atoms with Crippen molar-refractivity contribution in [3.63, 3.8) is 0 Å². The molecule has 236 valence electrons. The second kappa shape index (κ2) is 15.1. The summed E-state index contributed by atoms with van der Waals surface area (Å²) in [5, 5.41) is 39.2. The van der Waals surface area contributed by atoms with E-state index in [1.807, 2.05) is 132 Å². The fourth-order valence-corrected chi connectivity index (χ4v) is 5.74. The summed E-state index contributed by atoms with van der Waals surface area (Å²) >= 11 is 0. The van der Waals surface area contributed by atoms with Crippen LogP contribution in [0.5, 0.6) is 17.2 Å². The van der Waals surface area contributed by atoms with Crippen molar-refractivity contribution in [2.45, 2.75) is 18.3 Å². The molecule has 0 aliphatic rings. The highest BCUT2D eigenvalue weighted by atomic mass is 16.5. The molecular formula is C39H39NO6. The van der Waals surface area contributed by atoms with E-state index in [2.05, 4.69) is 0 Å². The minimum atomic E-state index is -0.876. The van der Waals surface area contributed by atoms with Crippen LogP contribution in [0.2, 0.25) is 0 Å². The van der Waals surface area contributed by atoms with Gasteiger partial charge in [0, 0.05) is 30.4 Å². The smallest absolute Gasteiger partial charge is 0.127 e. The van der Waals surface area contributed by atoms with Gasteiger partial charge in [-0.2, -0.15) is 0 Å². The Bertz CT molecular complexity index is 1780. The van der Waals surface area contributed by atoms with Gasteiger partial charge in [-0.1, -0.05) is 103 Å². The maximum Gasteiger partial charge on any atom is 0.127 e. The van der Waals surface area contributed by atoms with Crippen LogP contribution in [0.15, 0.2) is 127 Å². The molecule has 0 spiro atoms. The Hall–Kier alpha value is -4.66. The van der Waals surface area contributed by atoms with Crippen LogP contribution in [0.3, 0.4) is 0 Å². The van der Waals surface area contributed by atoms with E-state index < -0.39 is 18.3 Å². The first kappa shape index (κ1) is 31.3. The number of aliphatic hydroxyl groups excluding tert-OH is 3. The number of ether oxygens (including phenoxy) is 3. The number of aliphatic hydroxyl groups is 3. The van der Waals surface area contributed by atoms with Crippen LogP contribution in [0.1, 0.15) is 0 Å². The molecule has 6 rings (SSSR count). The summed E-state index contributed by atoms with van der Waals surface area (Å²) in [7, 11) is 0. The van der Waals surface area contributed by atoms with Crippen LogP contribution in [-0.4, -0.2) is 78.0 Å². The predicted molar refractivity (Wildman–Crippen MR) is 183 cm³/mol. The Balaban J connectivity index is 1.09. The van der Waals surface area contributed by atoms with Crippen LogP contribution >= 0.6 is 0 Å². The topological polar surface area (TPSA) is 91.6 Å². The quantitative estimate of drug-likeness (QED) is 0.129. The number of rotatable bonds is 15. The zero-order chi connectivity index (χ0) is 31.7. The van der Waals surface area contributed by atoms with Crippen LogP contribution in [-0.2, 0) is 0 Å². The largest absolute Gasteiger partial charge is 0.491 e. The van der Waals surface area contributed by atoms with Crippen molar-refractivity contribution >= 4 is 32.3 Å². The molecule has 46 heavy (non-hydrogen) atoms. The first-order valence-corrected chi connectivity index (χ1v) is 15.6. The Labute approximate surface area is 268 Å². The molecule has 0 aliphatic carbocycles. The van der Waals surface area contributed by atoms with Gasteiger partial charge in [-0.25, -0.2) is 0 Å². The number of fused-ring (bicyclic) bond motifs is 3. The summed E-state index contributed by atoms with van der Waals surface area (Å²) in [6, 6.07) is 41.4. The van der Waals surface area contributed by atoms with Crippen LogP contribution in [0, 0.1) is 0 Å². The van der Waals surface area contributed by atoms with Crippen molar-refractivity contribution in [3.8, 4) is 17.2 Å². The highest BCUT2D eigenvalue weighted by Gasteiger charge is 2.21. The van der Waals surface area contributed by atoms with Gasteiger partial charge in [0.2, 0.25) is 0 Å². The van der Waals surface area contributed by atoms with E-state index in [0.29, 0.717) is 17.2 Å². The maximum absolute atomic E-state index is 11.0. The lowest BCUT2D eigenvalue weighted by Gasteiger charge is -2.29. The summed E-state index contributed by atoms with van der Waals surface area (Å²) in [6.07, 6.45) is -2.62. The van der Waals surface area contributed by atoms with Crippen molar-refractivity contribution in [1.82, 2.24) is 4.90 Å². The summed E-state index contributed by atoms with van der Waals surface area (Å²) in [4.78, 5) is 1.82. The van der Waals surface area contributed by atoms with Crippen molar-refractivity contribution in [2.75, 3.05) is 39.5 Å². The lowest BCUT2D eigenvalue weighted by atomic mass is 10.1. The van der Waals surface area contributed by atoms with E-state index in [1.165, 1.54) is 0 Å². The van der Waals surface area contributed by atoms with E-state index in [1.54, 1.807) is 0 Å². The minimum Gasteiger partial charge on any atom is -0.491 e. The summed E-state index contributed by atoms with van der Waals surface area (Å²) < 4.78 is 18.0. The zero-order valence-corrected chi connectivity index (χ0v) is 25.6. The molecule has 0 radical (unpaired) electrons. The molecular weight excluding hydrogens is 578 g/mol. The molecule has 0 heterocycles. The average Bonchev–Trinajstić information content (AvgIpc) is 3.08. The first-order chi connectivity index (χ1) is 22.5. The molecule has 0 aliphatic heterocycles. The third-order valence-corrected chi connectivity index (χ3v) is 7.93. The molecule has 0 saturated carbocycles. The molecule has 0 fully saturated rings. The third kappa shape index (κ3) is 8.13. The van der Waals surface area contributed by atoms with Gasteiger partial charge in [-0.15, -0.1) is 0 Å². The number of nitrogens with zero attached hydrogens (tertiary/aromatic N) is 1. The van der Waals surface area contributed by atoms with Gasteiger partial charge in [-0.3, -0.25) is 4.90 Å². The number of hydrogen-bond donors (Lipinski definition) is 3. The molecule has 0 bridgehead atoms. The molecule has 6 aromatic rings. The molecule has 0 amide bonds. The average molecular weight is 618 g/mol. The maximum atomic E-state index is 11.0. The standard InChI is InChI=1S/C39H39NO6/c41-32(25-44-35-20-19-28-9-1-2-12-31(28)21-35)22-40(23-33(42)26-45-38-17-7-13-29-10-3-5-15-36(29)38)24-34(43)27-46-39-18-8-14-30-11-4-6-16-37(30)39/h1-21,32-34,41-43H,22-27H2. The summed E-state index contributed by atoms with van der Waals surface area (Å²) in [5.74, 6) is 2.04. The Morgan fingerprint density at radius 3 is 1.41 bits per heavy atom. The minimum absolute atomic E-state index is 0.0524. The number of hydrogen-bond acceptors (Lipinski definition) is 7. The first-order valence-electron chi connectivity index (χ1n) is 15.6. The van der Waals surface area contributed by atoms with E-state index >= 15 is 0 Å². The molecule has 7 heteroatoms. The lowest BCUT2D eigenvalue weighted by molar-refractivity contribution is 0.00386. The van der Waals surface area contributed by atoms with Gasteiger partial charge < -0.3 is 29.5 Å². The van der Waals surface area contributed by atoms with Crippen LogP contribution in [0.4, 0.5) is 0 Å². The molecule has 7 nitrogen and oxygen atoms in total. The second-order valence-electron chi connectivity index (χ2n) is 11.6. The van der Waals surface area contributed by atoms with Crippen molar-refractivity contribution in [3.05, 3.63) is 127 Å². The third-order valence-electron chi connectivity index (χ3n) is 7.93. The lowest BCUT2D eigenvalue weighted by Crippen LogP contribution is -2.45. The molecule has 6 aromatic carbocycles. The van der Waals surface area contributed by atoms with Gasteiger partial charge in [-0.05, 0) is 45.8 Å². The van der Waals surface area contributed by atoms with Gasteiger partial charge in [0.15, 0.2) is 0 Å². The monoisotopic (exact) mass is 617 g/mol. The molecule has 3 unspecified atom stereocenters. The van der Waals surface area contributed by atoms with Gasteiger partial charge in [0.05, 0.1) is 0 Å². The Morgan fingerprint density at radius 2 is 0.870 bits per heavy atom. The van der Waals surface area contributed by atoms with Crippen LogP contribution < -0.4 is 14.2 Å². The van der Waals surface area contributed by atoms with E-state index in [-0.39, 0.29) is 39.5 Å². The predicted octanol–water partition coefficient (Wildman–Crippen LogP) is 6.07. The molecule has 0 saturated heterocycles.